The molecule has 19 heavy (non-hydrogen) atoms. The van der Waals surface area contributed by atoms with Crippen molar-refractivity contribution in [3.63, 3.8) is 0 Å². The van der Waals surface area contributed by atoms with Crippen molar-refractivity contribution in [1.29, 1.82) is 0 Å². The molecule has 108 valence electrons. The predicted octanol–water partition coefficient (Wildman–Crippen LogP) is 2.61. The molecule has 0 aliphatic rings. The first-order valence-corrected chi connectivity index (χ1v) is 7.00. The number of hydrogen-bond donors (Lipinski definition) is 1. The molecule has 1 rings (SSSR count). The average Bonchev–Trinajstić information content (AvgIpc) is 2.43. The molecule has 0 aliphatic carbocycles. The standard InChI is InChI=1S/C15H25NO3/c1-2-18-14-7-6-8-15(13-14)19-12-11-17-10-5-3-4-9-16/h6-8,13H,2-5,9-12,16H2,1H3. The molecule has 0 bridgehead atoms. The Morgan fingerprint density at radius 3 is 2.47 bits per heavy atom. The van der Waals surface area contributed by atoms with Crippen molar-refractivity contribution in [3.8, 4) is 11.5 Å². The summed E-state index contributed by atoms with van der Waals surface area (Å²) in [6.07, 6.45) is 3.27. The van der Waals surface area contributed by atoms with Gasteiger partial charge in [0.05, 0.1) is 13.2 Å². The average molecular weight is 267 g/mol. The molecule has 0 atom stereocenters. The highest BCUT2D eigenvalue weighted by Gasteiger charge is 1.97. The van der Waals surface area contributed by atoms with Crippen LogP contribution in [0, 0.1) is 0 Å². The van der Waals surface area contributed by atoms with E-state index in [1.165, 1.54) is 0 Å². The maximum absolute atomic E-state index is 5.60. The number of ether oxygens (including phenoxy) is 3. The largest absolute Gasteiger partial charge is 0.494 e. The van der Waals surface area contributed by atoms with Crippen LogP contribution in [0.15, 0.2) is 24.3 Å². The number of unbranched alkanes of at least 4 members (excludes halogenated alkanes) is 2. The van der Waals surface area contributed by atoms with Gasteiger partial charge in [-0.15, -0.1) is 0 Å². The second-order valence-corrected chi connectivity index (χ2v) is 4.22. The highest BCUT2D eigenvalue weighted by Crippen LogP contribution is 2.19. The van der Waals surface area contributed by atoms with Gasteiger partial charge in [0.25, 0.3) is 0 Å². The highest BCUT2D eigenvalue weighted by molar-refractivity contribution is 5.32. The topological polar surface area (TPSA) is 53.7 Å². The fourth-order valence-electron chi connectivity index (χ4n) is 1.67. The van der Waals surface area contributed by atoms with Gasteiger partial charge in [-0.3, -0.25) is 0 Å². The first-order valence-electron chi connectivity index (χ1n) is 7.00. The van der Waals surface area contributed by atoms with Gasteiger partial charge in [-0.25, -0.2) is 0 Å². The molecule has 0 amide bonds. The zero-order chi connectivity index (χ0) is 13.8. The van der Waals surface area contributed by atoms with Gasteiger partial charge in [-0.05, 0) is 44.9 Å². The summed E-state index contributed by atoms with van der Waals surface area (Å²) in [7, 11) is 0. The molecule has 0 aliphatic heterocycles. The Hall–Kier alpha value is -1.26. The molecule has 2 N–H and O–H groups in total. The Bertz CT molecular complexity index is 331. The van der Waals surface area contributed by atoms with Gasteiger partial charge < -0.3 is 19.9 Å². The van der Waals surface area contributed by atoms with Crippen molar-refractivity contribution in [2.24, 2.45) is 5.73 Å². The molecular weight excluding hydrogens is 242 g/mol. The Balaban J connectivity index is 2.07. The van der Waals surface area contributed by atoms with Gasteiger partial charge in [0, 0.05) is 12.7 Å². The minimum Gasteiger partial charge on any atom is -0.494 e. The molecular formula is C15H25NO3. The lowest BCUT2D eigenvalue weighted by Crippen LogP contribution is -2.08. The Morgan fingerprint density at radius 1 is 0.947 bits per heavy atom. The van der Waals surface area contributed by atoms with Gasteiger partial charge in [0.2, 0.25) is 0 Å². The van der Waals surface area contributed by atoms with Gasteiger partial charge in [0.1, 0.15) is 18.1 Å². The zero-order valence-electron chi connectivity index (χ0n) is 11.8. The maximum atomic E-state index is 5.60. The minimum absolute atomic E-state index is 0.562. The van der Waals surface area contributed by atoms with Crippen molar-refractivity contribution in [2.75, 3.05) is 33.0 Å². The van der Waals surface area contributed by atoms with Crippen LogP contribution in [-0.2, 0) is 4.74 Å². The third-order valence-electron chi connectivity index (χ3n) is 2.61. The van der Waals surface area contributed by atoms with Crippen molar-refractivity contribution in [2.45, 2.75) is 26.2 Å². The molecule has 0 radical (unpaired) electrons. The summed E-state index contributed by atoms with van der Waals surface area (Å²) in [5, 5.41) is 0. The van der Waals surface area contributed by atoms with Gasteiger partial charge in [0.15, 0.2) is 0 Å². The first kappa shape index (κ1) is 15.8. The number of hydrogen-bond acceptors (Lipinski definition) is 4. The highest BCUT2D eigenvalue weighted by atomic mass is 16.5. The molecule has 0 unspecified atom stereocenters. The van der Waals surface area contributed by atoms with Crippen LogP contribution in [0.4, 0.5) is 0 Å². The van der Waals surface area contributed by atoms with Crippen LogP contribution in [0.25, 0.3) is 0 Å². The van der Waals surface area contributed by atoms with Gasteiger partial charge in [-0.2, -0.15) is 0 Å². The Kier molecular flexibility index (Phi) is 8.85. The molecule has 4 heteroatoms. The van der Waals surface area contributed by atoms with Crippen molar-refractivity contribution in [1.82, 2.24) is 0 Å². The van der Waals surface area contributed by atoms with Crippen molar-refractivity contribution >= 4 is 0 Å². The molecule has 0 spiro atoms. The molecule has 1 aromatic carbocycles. The predicted molar refractivity (Wildman–Crippen MR) is 76.8 cm³/mol. The molecule has 4 nitrogen and oxygen atoms in total. The minimum atomic E-state index is 0.562. The fraction of sp³-hybridized carbons (Fsp3) is 0.600. The van der Waals surface area contributed by atoms with Gasteiger partial charge >= 0.3 is 0 Å². The summed E-state index contributed by atoms with van der Waals surface area (Å²) < 4.78 is 16.5. The summed E-state index contributed by atoms with van der Waals surface area (Å²) in [6.45, 7) is 5.34. The zero-order valence-corrected chi connectivity index (χ0v) is 11.8. The lowest BCUT2D eigenvalue weighted by molar-refractivity contribution is 0.0971. The summed E-state index contributed by atoms with van der Waals surface area (Å²) in [5.74, 6) is 1.65. The van der Waals surface area contributed by atoms with Gasteiger partial charge in [-0.1, -0.05) is 6.07 Å². The lowest BCUT2D eigenvalue weighted by atomic mass is 10.2. The van der Waals surface area contributed by atoms with E-state index in [4.69, 9.17) is 19.9 Å². The van der Waals surface area contributed by atoms with E-state index in [0.717, 1.165) is 43.9 Å². The van der Waals surface area contributed by atoms with Crippen LogP contribution in [0.2, 0.25) is 0 Å². The van der Waals surface area contributed by atoms with Crippen LogP contribution in [0.1, 0.15) is 26.2 Å². The van der Waals surface area contributed by atoms with Crippen LogP contribution >= 0.6 is 0 Å². The molecule has 0 saturated carbocycles. The normalized spacial score (nSPS) is 10.4. The van der Waals surface area contributed by atoms with Crippen LogP contribution in [0.3, 0.4) is 0 Å². The van der Waals surface area contributed by atoms with E-state index in [0.29, 0.717) is 19.8 Å². The third-order valence-corrected chi connectivity index (χ3v) is 2.61. The SMILES string of the molecule is CCOc1cccc(OCCOCCCCCN)c1. The second-order valence-electron chi connectivity index (χ2n) is 4.22. The molecule has 1 aromatic rings. The van der Waals surface area contributed by atoms with Crippen LogP contribution in [0.5, 0.6) is 11.5 Å². The van der Waals surface area contributed by atoms with Crippen LogP contribution < -0.4 is 15.2 Å². The van der Waals surface area contributed by atoms with E-state index in [1.54, 1.807) is 0 Å². The van der Waals surface area contributed by atoms with Crippen LogP contribution in [-0.4, -0.2) is 33.0 Å². The number of rotatable bonds is 11. The third kappa shape index (κ3) is 7.70. The monoisotopic (exact) mass is 267 g/mol. The number of benzene rings is 1. The van der Waals surface area contributed by atoms with E-state index in [2.05, 4.69) is 0 Å². The quantitative estimate of drug-likeness (QED) is 0.626. The number of nitrogens with two attached hydrogens (primary N) is 1. The fourth-order valence-corrected chi connectivity index (χ4v) is 1.67. The Labute approximate surface area is 115 Å². The van der Waals surface area contributed by atoms with Crippen molar-refractivity contribution in [3.05, 3.63) is 24.3 Å². The summed E-state index contributed by atoms with van der Waals surface area (Å²) in [5.41, 5.74) is 5.42. The molecule has 0 aromatic heterocycles. The van der Waals surface area contributed by atoms with Crippen molar-refractivity contribution < 1.29 is 14.2 Å². The first-order chi connectivity index (χ1) is 9.36. The van der Waals surface area contributed by atoms with E-state index < -0.39 is 0 Å². The summed E-state index contributed by atoms with van der Waals surface area (Å²) in [6, 6.07) is 7.66. The van der Waals surface area contributed by atoms with E-state index in [9.17, 15) is 0 Å². The van der Waals surface area contributed by atoms with E-state index in [-0.39, 0.29) is 0 Å². The summed E-state index contributed by atoms with van der Waals surface area (Å²) >= 11 is 0. The summed E-state index contributed by atoms with van der Waals surface area (Å²) in [4.78, 5) is 0. The molecule has 0 fully saturated rings. The Morgan fingerprint density at radius 2 is 1.74 bits per heavy atom. The smallest absolute Gasteiger partial charge is 0.123 e. The lowest BCUT2D eigenvalue weighted by Gasteiger charge is -2.09. The molecule has 0 heterocycles. The van der Waals surface area contributed by atoms with E-state index >= 15 is 0 Å². The second kappa shape index (κ2) is 10.6. The molecule has 0 saturated heterocycles. The van der Waals surface area contributed by atoms with E-state index in [1.807, 2.05) is 31.2 Å². The maximum Gasteiger partial charge on any atom is 0.123 e.